The van der Waals surface area contributed by atoms with Gasteiger partial charge in [-0.15, -0.1) is 11.3 Å². The van der Waals surface area contributed by atoms with Crippen LogP contribution in [0.4, 0.5) is 10.2 Å². The van der Waals surface area contributed by atoms with E-state index in [2.05, 4.69) is 25.3 Å². The van der Waals surface area contributed by atoms with Gasteiger partial charge >= 0.3 is 0 Å². The maximum absolute atomic E-state index is 13.7. The normalized spacial score (nSPS) is 10.7. The average molecular weight is 378 g/mol. The molecule has 0 saturated heterocycles. The molecule has 0 fully saturated rings. The molecule has 1 amide bonds. The third-order valence-electron chi connectivity index (χ3n) is 3.79. The molecule has 4 aromatic heterocycles. The summed E-state index contributed by atoms with van der Waals surface area (Å²) in [6, 6.07) is 6.82. The van der Waals surface area contributed by atoms with E-state index in [0.29, 0.717) is 38.8 Å². The Morgan fingerprint density at radius 2 is 2.22 bits per heavy atom. The van der Waals surface area contributed by atoms with Crippen molar-refractivity contribution in [1.82, 2.24) is 19.9 Å². The van der Waals surface area contributed by atoms with Crippen molar-refractivity contribution in [2.45, 2.75) is 6.92 Å². The molecule has 0 radical (unpaired) electrons. The van der Waals surface area contributed by atoms with Gasteiger partial charge in [0.2, 0.25) is 5.91 Å². The SMILES string of the molecule is CC(=O)Nc1cc(-c2[nH]c3cc(F)cnc3c2-c2nc(C#N)cs2)ccn1. The van der Waals surface area contributed by atoms with Crippen molar-refractivity contribution in [3.8, 4) is 27.9 Å². The summed E-state index contributed by atoms with van der Waals surface area (Å²) in [5.41, 5.74) is 3.38. The molecule has 4 heterocycles. The van der Waals surface area contributed by atoms with Gasteiger partial charge in [0.25, 0.3) is 0 Å². The average Bonchev–Trinajstić information content (AvgIpc) is 3.24. The zero-order chi connectivity index (χ0) is 19.0. The first-order valence-corrected chi connectivity index (χ1v) is 8.70. The highest BCUT2D eigenvalue weighted by atomic mass is 32.1. The molecule has 0 spiro atoms. The van der Waals surface area contributed by atoms with Crippen molar-refractivity contribution in [2.24, 2.45) is 0 Å². The Morgan fingerprint density at radius 1 is 1.37 bits per heavy atom. The zero-order valence-electron chi connectivity index (χ0n) is 13.9. The number of hydrogen-bond donors (Lipinski definition) is 2. The van der Waals surface area contributed by atoms with Crippen LogP contribution in [0.2, 0.25) is 0 Å². The molecule has 0 aromatic carbocycles. The highest BCUT2D eigenvalue weighted by molar-refractivity contribution is 7.13. The van der Waals surface area contributed by atoms with Crippen LogP contribution in [0.3, 0.4) is 0 Å². The summed E-state index contributed by atoms with van der Waals surface area (Å²) in [6.07, 6.45) is 2.70. The van der Waals surface area contributed by atoms with Gasteiger partial charge < -0.3 is 10.3 Å². The van der Waals surface area contributed by atoms with Gasteiger partial charge in [-0.1, -0.05) is 0 Å². The number of amides is 1. The van der Waals surface area contributed by atoms with Gasteiger partial charge in [-0.25, -0.2) is 14.4 Å². The lowest BCUT2D eigenvalue weighted by molar-refractivity contribution is -0.114. The lowest BCUT2D eigenvalue weighted by Gasteiger charge is -2.05. The number of carbonyl (C=O) groups is 1. The molecule has 0 bridgehead atoms. The van der Waals surface area contributed by atoms with Crippen LogP contribution in [0, 0.1) is 17.1 Å². The molecular formula is C18H11FN6OS. The predicted octanol–water partition coefficient (Wildman–Crippen LogP) is 3.72. The van der Waals surface area contributed by atoms with Crippen LogP contribution in [0.25, 0.3) is 32.9 Å². The first-order valence-electron chi connectivity index (χ1n) is 7.82. The van der Waals surface area contributed by atoms with Crippen LogP contribution >= 0.6 is 11.3 Å². The number of nitrogens with zero attached hydrogens (tertiary/aromatic N) is 4. The van der Waals surface area contributed by atoms with Crippen molar-refractivity contribution in [3.05, 3.63) is 47.5 Å². The maximum atomic E-state index is 13.7. The van der Waals surface area contributed by atoms with E-state index in [1.165, 1.54) is 24.3 Å². The van der Waals surface area contributed by atoms with Gasteiger partial charge in [0.1, 0.15) is 22.7 Å². The Bertz CT molecular complexity index is 1220. The number of anilines is 1. The summed E-state index contributed by atoms with van der Waals surface area (Å²) in [7, 11) is 0. The minimum absolute atomic E-state index is 0.237. The van der Waals surface area contributed by atoms with Crippen LogP contribution in [0.15, 0.2) is 36.0 Å². The van der Waals surface area contributed by atoms with Crippen molar-refractivity contribution < 1.29 is 9.18 Å². The Hall–Kier alpha value is -3.64. The number of nitriles is 1. The molecular weight excluding hydrogens is 367 g/mol. The Kier molecular flexibility index (Phi) is 4.10. The van der Waals surface area contributed by atoms with Crippen molar-refractivity contribution in [1.29, 1.82) is 5.26 Å². The van der Waals surface area contributed by atoms with E-state index in [1.54, 1.807) is 23.7 Å². The molecule has 0 aliphatic rings. The fourth-order valence-corrected chi connectivity index (χ4v) is 3.55. The van der Waals surface area contributed by atoms with Crippen molar-refractivity contribution in [3.63, 3.8) is 0 Å². The van der Waals surface area contributed by atoms with E-state index in [4.69, 9.17) is 5.26 Å². The third-order valence-corrected chi connectivity index (χ3v) is 4.65. The summed E-state index contributed by atoms with van der Waals surface area (Å²) >= 11 is 1.30. The molecule has 27 heavy (non-hydrogen) atoms. The number of H-pyrrole nitrogens is 1. The van der Waals surface area contributed by atoms with Crippen LogP contribution in [-0.4, -0.2) is 25.8 Å². The van der Waals surface area contributed by atoms with Gasteiger partial charge in [-0.3, -0.25) is 9.78 Å². The highest BCUT2D eigenvalue weighted by Crippen LogP contribution is 2.39. The van der Waals surface area contributed by atoms with E-state index in [9.17, 15) is 9.18 Å². The molecule has 0 aliphatic heterocycles. The molecule has 0 atom stereocenters. The Labute approximate surface area is 156 Å². The Morgan fingerprint density at radius 3 is 2.96 bits per heavy atom. The van der Waals surface area contributed by atoms with E-state index < -0.39 is 5.82 Å². The second-order valence-corrected chi connectivity index (χ2v) is 6.54. The second-order valence-electron chi connectivity index (χ2n) is 5.69. The number of nitrogens with one attached hydrogen (secondary N) is 2. The lowest BCUT2D eigenvalue weighted by Crippen LogP contribution is -2.07. The third kappa shape index (κ3) is 3.14. The predicted molar refractivity (Wildman–Crippen MR) is 99.4 cm³/mol. The number of thiazole rings is 1. The monoisotopic (exact) mass is 378 g/mol. The van der Waals surface area contributed by atoms with Gasteiger partial charge in [0.15, 0.2) is 5.69 Å². The van der Waals surface area contributed by atoms with E-state index >= 15 is 0 Å². The highest BCUT2D eigenvalue weighted by Gasteiger charge is 2.20. The number of pyridine rings is 2. The first-order chi connectivity index (χ1) is 13.0. The number of aromatic amines is 1. The largest absolute Gasteiger partial charge is 0.353 e. The topological polar surface area (TPSA) is 107 Å². The number of fused-ring (bicyclic) bond motifs is 1. The molecule has 7 nitrogen and oxygen atoms in total. The molecule has 4 rings (SSSR count). The lowest BCUT2D eigenvalue weighted by atomic mass is 10.1. The summed E-state index contributed by atoms with van der Waals surface area (Å²) in [5.74, 6) is -0.313. The number of carbonyl (C=O) groups excluding carboxylic acids is 1. The van der Waals surface area contributed by atoms with Crippen LogP contribution < -0.4 is 5.32 Å². The quantitative estimate of drug-likeness (QED) is 0.565. The molecule has 4 aromatic rings. The second kappa shape index (κ2) is 6.59. The summed E-state index contributed by atoms with van der Waals surface area (Å²) in [6.45, 7) is 1.40. The van der Waals surface area contributed by atoms with Crippen molar-refractivity contribution in [2.75, 3.05) is 5.32 Å². The molecule has 0 aliphatic carbocycles. The smallest absolute Gasteiger partial charge is 0.222 e. The van der Waals surface area contributed by atoms with Gasteiger partial charge in [0, 0.05) is 30.1 Å². The number of halogens is 1. The van der Waals surface area contributed by atoms with Crippen molar-refractivity contribution >= 4 is 34.1 Å². The molecule has 2 N–H and O–H groups in total. The molecule has 0 saturated carbocycles. The summed E-state index contributed by atoms with van der Waals surface area (Å²) < 4.78 is 13.7. The Balaban J connectivity index is 1.96. The number of aromatic nitrogens is 4. The molecule has 9 heteroatoms. The van der Waals surface area contributed by atoms with E-state index in [-0.39, 0.29) is 5.91 Å². The maximum Gasteiger partial charge on any atom is 0.222 e. The van der Waals surface area contributed by atoms with Gasteiger partial charge in [-0.05, 0) is 12.1 Å². The minimum atomic E-state index is -0.465. The molecule has 132 valence electrons. The first kappa shape index (κ1) is 16.8. The number of rotatable bonds is 3. The van der Waals surface area contributed by atoms with E-state index in [1.807, 2.05) is 6.07 Å². The van der Waals surface area contributed by atoms with Gasteiger partial charge in [0.05, 0.1) is 28.5 Å². The minimum Gasteiger partial charge on any atom is -0.353 e. The van der Waals surface area contributed by atoms with Gasteiger partial charge in [-0.2, -0.15) is 5.26 Å². The van der Waals surface area contributed by atoms with Crippen LogP contribution in [0.5, 0.6) is 0 Å². The fourth-order valence-electron chi connectivity index (χ4n) is 2.75. The van der Waals surface area contributed by atoms with E-state index in [0.717, 1.165) is 11.8 Å². The fraction of sp³-hybridized carbons (Fsp3) is 0.0556. The summed E-state index contributed by atoms with van der Waals surface area (Å²) in [5, 5.41) is 13.9. The standard InChI is InChI=1S/C18H11FN6OS/c1-9(26)23-14-4-10(2-3-21-14)16-15(18-24-12(6-20)8-27-18)17-13(25-16)5-11(19)7-22-17/h2-5,7-8,25H,1H3,(H,21,23,26). The summed E-state index contributed by atoms with van der Waals surface area (Å²) in [4.78, 5) is 27.1. The molecule has 0 unspecified atom stereocenters. The number of hydrogen-bond acceptors (Lipinski definition) is 6. The van der Waals surface area contributed by atoms with Crippen LogP contribution in [0.1, 0.15) is 12.6 Å². The zero-order valence-corrected chi connectivity index (χ0v) is 14.8. The van der Waals surface area contributed by atoms with Crippen LogP contribution in [-0.2, 0) is 4.79 Å².